The van der Waals surface area contributed by atoms with Gasteiger partial charge < -0.3 is 19.8 Å². The van der Waals surface area contributed by atoms with Crippen LogP contribution in [0.4, 0.5) is 0 Å². The van der Waals surface area contributed by atoms with E-state index in [0.717, 1.165) is 51.4 Å². The molecule has 0 amide bonds. The monoisotopic (exact) mass is 917 g/mol. The molecule has 0 aliphatic rings. The third-order valence-corrected chi connectivity index (χ3v) is 14.7. The SMILES string of the molecule is CCCCCCCCC=CCCCCCCC(CCS)C(=O)[O-].CCCCCCCCC=CCCCCCCC(CCS)C(=O)[O-].CCC[CH2][Sn+2][CH2]CCC. The van der Waals surface area contributed by atoms with E-state index < -0.39 is 11.9 Å². The quantitative estimate of drug-likeness (QED) is 0.0278. The number of rotatable bonds is 40. The van der Waals surface area contributed by atoms with Gasteiger partial charge >= 0.3 is 69.5 Å². The summed E-state index contributed by atoms with van der Waals surface area (Å²) in [5.74, 6) is -1.16. The van der Waals surface area contributed by atoms with Crippen molar-refractivity contribution in [2.24, 2.45) is 11.8 Å². The van der Waals surface area contributed by atoms with E-state index in [2.05, 4.69) is 77.3 Å². The zero-order chi connectivity index (χ0) is 41.3. The van der Waals surface area contributed by atoms with Gasteiger partial charge in [-0.1, -0.05) is 141 Å². The zero-order valence-corrected chi connectivity index (χ0v) is 41.6. The summed E-state index contributed by atoms with van der Waals surface area (Å²) in [4.78, 5) is 21.8. The molecule has 0 aliphatic heterocycles. The van der Waals surface area contributed by atoms with Gasteiger partial charge in [0.1, 0.15) is 0 Å². The van der Waals surface area contributed by atoms with Crippen molar-refractivity contribution in [1.82, 2.24) is 0 Å². The molecule has 0 rings (SSSR count). The van der Waals surface area contributed by atoms with Crippen LogP contribution in [-0.2, 0) is 9.59 Å². The van der Waals surface area contributed by atoms with Crippen molar-refractivity contribution >= 4 is 58.3 Å². The van der Waals surface area contributed by atoms with Gasteiger partial charge in [0, 0.05) is 11.9 Å². The van der Waals surface area contributed by atoms with E-state index in [4.69, 9.17) is 0 Å². The van der Waals surface area contributed by atoms with Crippen LogP contribution in [0.5, 0.6) is 0 Å². The fourth-order valence-corrected chi connectivity index (χ4v) is 11.2. The first-order valence-electron chi connectivity index (χ1n) is 23.5. The van der Waals surface area contributed by atoms with Crippen LogP contribution in [0.25, 0.3) is 0 Å². The molecule has 4 nitrogen and oxygen atoms in total. The van der Waals surface area contributed by atoms with Gasteiger partial charge in [-0.25, -0.2) is 0 Å². The van der Waals surface area contributed by atoms with Crippen molar-refractivity contribution in [3.05, 3.63) is 24.3 Å². The fraction of sp³-hybridized carbons (Fsp3) is 0.875. The van der Waals surface area contributed by atoms with Gasteiger partial charge in [-0.15, -0.1) is 0 Å². The van der Waals surface area contributed by atoms with Crippen molar-refractivity contribution in [2.45, 2.75) is 242 Å². The van der Waals surface area contributed by atoms with Crippen LogP contribution in [-0.4, -0.2) is 44.6 Å². The molecule has 0 aromatic rings. The van der Waals surface area contributed by atoms with E-state index in [-0.39, 0.29) is 33.0 Å². The van der Waals surface area contributed by atoms with Crippen molar-refractivity contribution in [3.8, 4) is 0 Å². The van der Waals surface area contributed by atoms with Gasteiger partial charge in [0.25, 0.3) is 0 Å². The van der Waals surface area contributed by atoms with E-state index in [0.29, 0.717) is 24.3 Å². The molecule has 0 fully saturated rings. The minimum atomic E-state index is -0.906. The minimum absolute atomic E-state index is 0.149. The van der Waals surface area contributed by atoms with Gasteiger partial charge in [-0.05, 0) is 100 Å². The Morgan fingerprint density at radius 3 is 0.964 bits per heavy atom. The number of carboxylic acid groups (broad SMARTS) is 2. The molecule has 0 saturated heterocycles. The van der Waals surface area contributed by atoms with E-state index in [1.54, 1.807) is 8.87 Å². The topological polar surface area (TPSA) is 80.3 Å². The average Bonchev–Trinajstić information content (AvgIpc) is 3.17. The normalized spacial score (nSPS) is 12.2. The summed E-state index contributed by atoms with van der Waals surface area (Å²) in [7, 11) is 0. The van der Waals surface area contributed by atoms with Crippen LogP contribution >= 0.6 is 25.3 Å². The summed E-state index contributed by atoms with van der Waals surface area (Å²) in [5, 5.41) is 21.8. The maximum absolute atomic E-state index is 10.9. The first-order chi connectivity index (χ1) is 26.9. The van der Waals surface area contributed by atoms with Gasteiger partial charge in [0.05, 0.1) is 0 Å². The summed E-state index contributed by atoms with van der Waals surface area (Å²) in [5.41, 5.74) is 0. The number of unbranched alkanes of at least 4 members (excludes halogenated alkanes) is 22. The predicted octanol–water partition coefficient (Wildman–Crippen LogP) is 13.8. The van der Waals surface area contributed by atoms with Gasteiger partial charge in [0.2, 0.25) is 0 Å². The molecule has 0 spiro atoms. The number of hydrogen-bond donors (Lipinski definition) is 2. The van der Waals surface area contributed by atoms with Crippen molar-refractivity contribution < 1.29 is 19.8 Å². The number of allylic oxidation sites excluding steroid dienone is 4. The van der Waals surface area contributed by atoms with Crippen molar-refractivity contribution in [2.75, 3.05) is 11.5 Å². The van der Waals surface area contributed by atoms with Gasteiger partial charge in [-0.2, -0.15) is 25.3 Å². The molecule has 0 bridgehead atoms. The molecule has 0 aromatic carbocycles. The van der Waals surface area contributed by atoms with Crippen LogP contribution in [0.1, 0.15) is 233 Å². The van der Waals surface area contributed by atoms with Crippen LogP contribution in [0.2, 0.25) is 8.87 Å². The number of carbonyl (C=O) groups is 2. The molecule has 0 radical (unpaired) electrons. The molecule has 324 valence electrons. The Labute approximate surface area is 365 Å². The zero-order valence-electron chi connectivity index (χ0n) is 36.9. The first-order valence-corrected chi connectivity index (χ1v) is 28.8. The van der Waals surface area contributed by atoms with Crippen molar-refractivity contribution in [3.63, 3.8) is 0 Å². The second kappa shape index (κ2) is 53.9. The molecule has 0 aliphatic carbocycles. The maximum atomic E-state index is 10.9. The molecular weight excluding hydrogens is 823 g/mol. The van der Waals surface area contributed by atoms with E-state index >= 15 is 0 Å². The summed E-state index contributed by atoms with van der Waals surface area (Å²) in [6.07, 6.45) is 48.1. The predicted molar refractivity (Wildman–Crippen MR) is 249 cm³/mol. The Hall–Kier alpha value is -0.0813. The van der Waals surface area contributed by atoms with Crippen LogP contribution < -0.4 is 10.2 Å². The second-order valence-electron chi connectivity index (χ2n) is 15.6. The summed E-state index contributed by atoms with van der Waals surface area (Å²) >= 11 is 8.36. The molecule has 0 N–H and O–H groups in total. The van der Waals surface area contributed by atoms with E-state index in [1.165, 1.54) is 141 Å². The second-order valence-corrected chi connectivity index (χ2v) is 20.7. The Morgan fingerprint density at radius 2 is 0.691 bits per heavy atom. The molecule has 7 heteroatoms. The Morgan fingerprint density at radius 1 is 0.418 bits per heavy atom. The summed E-state index contributed by atoms with van der Waals surface area (Å²) in [6.45, 7) is 9.09. The molecule has 55 heavy (non-hydrogen) atoms. The summed E-state index contributed by atoms with van der Waals surface area (Å²) in [6, 6.07) is 0. The third-order valence-electron chi connectivity index (χ3n) is 10.2. The van der Waals surface area contributed by atoms with E-state index in [1.807, 2.05) is 0 Å². The third kappa shape index (κ3) is 53.9. The van der Waals surface area contributed by atoms with Gasteiger partial charge in [-0.3, -0.25) is 0 Å². The molecule has 0 heterocycles. The number of carbonyl (C=O) groups excluding carboxylic acids is 2. The molecule has 0 aromatic heterocycles. The number of aliphatic carboxylic acids is 2. The number of thiol groups is 2. The van der Waals surface area contributed by atoms with E-state index in [9.17, 15) is 19.8 Å². The number of hydrogen-bond acceptors (Lipinski definition) is 6. The standard InChI is InChI=1S/2C20H38O2S.2C4H9.Sn/c2*1-2-3-4-5-6-7-8-9-10-11-12-13-14-15-16-19(17-18-23)20(21)22;2*1-3-4-2;/h2*9-10,19,23H,2-8,11-18H2,1H3,(H,21,22);2*1,3-4H2,2H3;/q;;;;+2/p-2. The Bertz CT molecular complexity index is 743. The number of carboxylic acids is 2. The molecule has 2 unspecified atom stereocenters. The molecule has 2 atom stereocenters. The fourth-order valence-electron chi connectivity index (χ4n) is 6.37. The Kier molecular flexibility index (Phi) is 58.1. The molecule has 0 saturated carbocycles. The van der Waals surface area contributed by atoms with Crippen LogP contribution in [0.3, 0.4) is 0 Å². The van der Waals surface area contributed by atoms with Gasteiger partial charge in [0.15, 0.2) is 0 Å². The first kappa shape index (κ1) is 59.2. The van der Waals surface area contributed by atoms with Crippen molar-refractivity contribution in [1.29, 1.82) is 0 Å². The Balaban J connectivity index is -0.000000805. The molecular formula is C48H92O4S2Sn. The van der Waals surface area contributed by atoms with Crippen LogP contribution in [0.15, 0.2) is 24.3 Å². The summed E-state index contributed by atoms with van der Waals surface area (Å²) < 4.78 is 3.25. The van der Waals surface area contributed by atoms with Crippen LogP contribution in [0, 0.1) is 11.8 Å². The average molecular weight is 916 g/mol.